The SMILES string of the molecule is CN=C(NCCCN1CCCN(C)CC1)NCC1(c2cccc(Cl)c2)CC1. The fourth-order valence-electron chi connectivity index (χ4n) is 3.84. The second-order valence-corrected chi connectivity index (χ2v) is 8.43. The zero-order chi connectivity index (χ0) is 19.1. The molecule has 27 heavy (non-hydrogen) atoms. The summed E-state index contributed by atoms with van der Waals surface area (Å²) in [6.07, 6.45) is 4.84. The lowest BCUT2D eigenvalue weighted by Gasteiger charge is -2.21. The lowest BCUT2D eigenvalue weighted by Crippen LogP contribution is -2.42. The molecule has 0 radical (unpaired) electrons. The Bertz CT molecular complexity index is 629. The van der Waals surface area contributed by atoms with E-state index in [0.717, 1.165) is 37.0 Å². The summed E-state index contributed by atoms with van der Waals surface area (Å²) in [4.78, 5) is 9.40. The Kier molecular flexibility index (Phi) is 7.39. The van der Waals surface area contributed by atoms with Crippen LogP contribution in [0.15, 0.2) is 29.3 Å². The Hall–Kier alpha value is -1.30. The van der Waals surface area contributed by atoms with Gasteiger partial charge in [-0.1, -0.05) is 23.7 Å². The van der Waals surface area contributed by atoms with Crippen LogP contribution in [0.1, 0.15) is 31.2 Å². The number of aliphatic imine (C=N–C) groups is 1. The van der Waals surface area contributed by atoms with E-state index in [1.807, 2.05) is 19.2 Å². The number of rotatable bonds is 7. The number of hydrogen-bond donors (Lipinski definition) is 2. The highest BCUT2D eigenvalue weighted by molar-refractivity contribution is 6.30. The van der Waals surface area contributed by atoms with Crippen LogP contribution in [0.5, 0.6) is 0 Å². The van der Waals surface area contributed by atoms with Crippen LogP contribution < -0.4 is 10.6 Å². The second-order valence-electron chi connectivity index (χ2n) is 8.00. The van der Waals surface area contributed by atoms with Crippen molar-refractivity contribution < 1.29 is 0 Å². The van der Waals surface area contributed by atoms with Crippen molar-refractivity contribution in [1.82, 2.24) is 20.4 Å². The van der Waals surface area contributed by atoms with Crippen LogP contribution in [0, 0.1) is 0 Å². The van der Waals surface area contributed by atoms with Crippen LogP contribution in [-0.2, 0) is 5.41 Å². The van der Waals surface area contributed by atoms with E-state index >= 15 is 0 Å². The number of halogens is 1. The molecule has 0 atom stereocenters. The van der Waals surface area contributed by atoms with E-state index in [1.165, 1.54) is 51.0 Å². The van der Waals surface area contributed by atoms with Crippen molar-refractivity contribution in [2.45, 2.75) is 31.1 Å². The molecule has 2 aliphatic rings. The molecule has 1 saturated heterocycles. The molecule has 1 heterocycles. The Morgan fingerprint density at radius 2 is 2.04 bits per heavy atom. The third-order valence-electron chi connectivity index (χ3n) is 5.86. The van der Waals surface area contributed by atoms with Gasteiger partial charge in [0.25, 0.3) is 0 Å². The van der Waals surface area contributed by atoms with Crippen LogP contribution in [0.4, 0.5) is 0 Å². The molecule has 2 N–H and O–H groups in total. The van der Waals surface area contributed by atoms with E-state index in [4.69, 9.17) is 11.6 Å². The highest BCUT2D eigenvalue weighted by atomic mass is 35.5. The number of hydrogen-bond acceptors (Lipinski definition) is 3. The van der Waals surface area contributed by atoms with Gasteiger partial charge in [0.2, 0.25) is 0 Å². The maximum Gasteiger partial charge on any atom is 0.191 e. The van der Waals surface area contributed by atoms with E-state index in [0.29, 0.717) is 0 Å². The van der Waals surface area contributed by atoms with Gasteiger partial charge in [-0.25, -0.2) is 0 Å². The van der Waals surface area contributed by atoms with Crippen molar-refractivity contribution in [1.29, 1.82) is 0 Å². The van der Waals surface area contributed by atoms with Gasteiger partial charge >= 0.3 is 0 Å². The van der Waals surface area contributed by atoms with Crippen molar-refractivity contribution >= 4 is 17.6 Å². The van der Waals surface area contributed by atoms with Crippen molar-refractivity contribution in [2.24, 2.45) is 4.99 Å². The minimum absolute atomic E-state index is 0.223. The zero-order valence-corrected chi connectivity index (χ0v) is 17.6. The van der Waals surface area contributed by atoms with E-state index < -0.39 is 0 Å². The number of nitrogens with one attached hydrogen (secondary N) is 2. The molecular weight excluding hydrogens is 358 g/mol. The average Bonchev–Trinajstić information content (AvgIpc) is 3.47. The Balaban J connectivity index is 1.37. The number of guanidine groups is 1. The molecule has 1 aliphatic carbocycles. The topological polar surface area (TPSA) is 42.9 Å². The third-order valence-corrected chi connectivity index (χ3v) is 6.10. The zero-order valence-electron chi connectivity index (χ0n) is 16.8. The van der Waals surface area contributed by atoms with Crippen molar-refractivity contribution in [3.8, 4) is 0 Å². The molecule has 0 amide bonds. The number of nitrogens with zero attached hydrogens (tertiary/aromatic N) is 3. The number of likely N-dealkylation sites (N-methyl/N-ethyl adjacent to an activating group) is 1. The minimum Gasteiger partial charge on any atom is -0.356 e. The van der Waals surface area contributed by atoms with Gasteiger partial charge in [-0.3, -0.25) is 4.99 Å². The predicted molar refractivity (Wildman–Crippen MR) is 115 cm³/mol. The van der Waals surface area contributed by atoms with E-state index in [-0.39, 0.29) is 5.41 Å². The van der Waals surface area contributed by atoms with E-state index in [1.54, 1.807) is 0 Å². The van der Waals surface area contributed by atoms with E-state index in [9.17, 15) is 0 Å². The van der Waals surface area contributed by atoms with Gasteiger partial charge in [0.1, 0.15) is 0 Å². The van der Waals surface area contributed by atoms with Crippen LogP contribution >= 0.6 is 11.6 Å². The Morgan fingerprint density at radius 1 is 1.19 bits per heavy atom. The maximum absolute atomic E-state index is 6.17. The lowest BCUT2D eigenvalue weighted by molar-refractivity contribution is 0.274. The highest BCUT2D eigenvalue weighted by Gasteiger charge is 2.44. The van der Waals surface area contributed by atoms with Gasteiger partial charge in [0.05, 0.1) is 0 Å². The summed E-state index contributed by atoms with van der Waals surface area (Å²) in [6, 6.07) is 8.28. The molecule has 1 aromatic carbocycles. The van der Waals surface area contributed by atoms with Crippen molar-refractivity contribution in [3.63, 3.8) is 0 Å². The van der Waals surface area contributed by atoms with Gasteiger partial charge < -0.3 is 20.4 Å². The molecule has 150 valence electrons. The molecule has 6 heteroatoms. The Labute approximate surface area is 169 Å². The summed E-state index contributed by atoms with van der Waals surface area (Å²) in [6.45, 7) is 7.83. The van der Waals surface area contributed by atoms with Gasteiger partial charge in [-0.2, -0.15) is 0 Å². The lowest BCUT2D eigenvalue weighted by atomic mass is 9.96. The second kappa shape index (κ2) is 9.76. The Morgan fingerprint density at radius 3 is 2.78 bits per heavy atom. The smallest absolute Gasteiger partial charge is 0.191 e. The molecule has 3 rings (SSSR count). The third kappa shape index (κ3) is 6.09. The molecule has 1 saturated carbocycles. The van der Waals surface area contributed by atoms with Gasteiger partial charge in [0.15, 0.2) is 5.96 Å². The molecular formula is C21H34ClN5. The quantitative estimate of drug-likeness (QED) is 0.426. The van der Waals surface area contributed by atoms with Gasteiger partial charge in [-0.05, 0) is 70.1 Å². The first kappa shape index (κ1) is 20.4. The van der Waals surface area contributed by atoms with Gasteiger partial charge in [0, 0.05) is 43.7 Å². The first-order valence-electron chi connectivity index (χ1n) is 10.2. The van der Waals surface area contributed by atoms with E-state index in [2.05, 4.69) is 44.6 Å². The molecule has 0 spiro atoms. The summed E-state index contributed by atoms with van der Waals surface area (Å²) in [5.41, 5.74) is 1.56. The fraction of sp³-hybridized carbons (Fsp3) is 0.667. The first-order chi connectivity index (χ1) is 13.1. The molecule has 0 bridgehead atoms. The molecule has 1 aliphatic heterocycles. The maximum atomic E-state index is 6.17. The van der Waals surface area contributed by atoms with Crippen LogP contribution in [0.2, 0.25) is 5.02 Å². The molecule has 0 aromatic heterocycles. The minimum atomic E-state index is 0.223. The largest absolute Gasteiger partial charge is 0.356 e. The summed E-state index contributed by atoms with van der Waals surface area (Å²) in [7, 11) is 4.07. The van der Waals surface area contributed by atoms with Gasteiger partial charge in [-0.15, -0.1) is 0 Å². The summed E-state index contributed by atoms with van der Waals surface area (Å²) >= 11 is 6.17. The average molecular weight is 392 g/mol. The number of benzene rings is 1. The molecule has 0 unspecified atom stereocenters. The summed E-state index contributed by atoms with van der Waals surface area (Å²) in [5, 5.41) is 7.81. The molecule has 1 aromatic rings. The normalized spacial score (nSPS) is 20.9. The first-order valence-corrected chi connectivity index (χ1v) is 10.6. The summed E-state index contributed by atoms with van der Waals surface area (Å²) in [5.74, 6) is 0.902. The van der Waals surface area contributed by atoms with Crippen LogP contribution in [-0.4, -0.2) is 75.7 Å². The van der Waals surface area contributed by atoms with Crippen molar-refractivity contribution in [2.75, 3.05) is 59.9 Å². The standard InChI is InChI=1S/C21H34ClN5/c1-23-20(24-10-4-12-27-13-5-11-26(2)14-15-27)25-17-21(8-9-21)18-6-3-7-19(22)16-18/h3,6-7,16H,4-5,8-15,17H2,1-2H3,(H2,23,24,25). The monoisotopic (exact) mass is 391 g/mol. The van der Waals surface area contributed by atoms with Crippen LogP contribution in [0.25, 0.3) is 0 Å². The fourth-order valence-corrected chi connectivity index (χ4v) is 4.03. The predicted octanol–water partition coefficient (Wildman–Crippen LogP) is 2.56. The molecule has 2 fully saturated rings. The highest BCUT2D eigenvalue weighted by Crippen LogP contribution is 2.48. The van der Waals surface area contributed by atoms with Crippen molar-refractivity contribution in [3.05, 3.63) is 34.9 Å². The van der Waals surface area contributed by atoms with Crippen LogP contribution in [0.3, 0.4) is 0 Å². The summed E-state index contributed by atoms with van der Waals surface area (Å²) < 4.78 is 0. The molecule has 5 nitrogen and oxygen atoms in total.